The van der Waals surface area contributed by atoms with Gasteiger partial charge >= 0.3 is 11.9 Å². The summed E-state index contributed by atoms with van der Waals surface area (Å²) in [4.78, 5) is 25.6. The molecule has 0 N–H and O–H groups in total. The van der Waals surface area contributed by atoms with Crippen LogP contribution in [0.4, 0.5) is 0 Å². The van der Waals surface area contributed by atoms with Gasteiger partial charge in [0.05, 0.1) is 24.0 Å². The number of carbonyl (C=O) groups is 2. The maximum Gasteiger partial charge on any atom is 0.314 e. The highest BCUT2D eigenvalue weighted by Gasteiger charge is 3.03. The van der Waals surface area contributed by atoms with E-state index in [-0.39, 0.29) is 22.8 Å². The summed E-state index contributed by atoms with van der Waals surface area (Å²) in [5.74, 6) is 0.752. The van der Waals surface area contributed by atoms with E-state index in [4.69, 9.17) is 9.47 Å². The van der Waals surface area contributed by atoms with E-state index in [2.05, 4.69) is 13.8 Å². The van der Waals surface area contributed by atoms with Crippen LogP contribution in [-0.4, -0.2) is 25.2 Å². The molecule has 3 saturated carbocycles. The van der Waals surface area contributed by atoms with Crippen molar-refractivity contribution in [3.05, 3.63) is 0 Å². The molecule has 4 nitrogen and oxygen atoms in total. The van der Waals surface area contributed by atoms with Crippen molar-refractivity contribution in [2.45, 2.75) is 52.4 Å². The maximum atomic E-state index is 12.9. The van der Waals surface area contributed by atoms with E-state index in [0.29, 0.717) is 25.0 Å². The van der Waals surface area contributed by atoms with Gasteiger partial charge < -0.3 is 9.47 Å². The van der Waals surface area contributed by atoms with Crippen LogP contribution >= 0.6 is 0 Å². The zero-order valence-corrected chi connectivity index (χ0v) is 13.4. The van der Waals surface area contributed by atoms with Crippen LogP contribution in [-0.2, 0) is 19.1 Å². The van der Waals surface area contributed by atoms with Crippen LogP contribution < -0.4 is 0 Å². The van der Waals surface area contributed by atoms with Gasteiger partial charge in [-0.3, -0.25) is 9.59 Å². The van der Waals surface area contributed by atoms with Crippen molar-refractivity contribution < 1.29 is 19.1 Å². The summed E-state index contributed by atoms with van der Waals surface area (Å²) >= 11 is 0. The summed E-state index contributed by atoms with van der Waals surface area (Å²) in [5, 5.41) is 0. The van der Waals surface area contributed by atoms with Crippen molar-refractivity contribution in [3.8, 4) is 0 Å². The fourth-order valence-electron chi connectivity index (χ4n) is 7.96. The van der Waals surface area contributed by atoms with Crippen LogP contribution in [0.1, 0.15) is 52.4 Å². The van der Waals surface area contributed by atoms with Gasteiger partial charge in [0.25, 0.3) is 0 Å². The SMILES string of the molecule is CCC[C@@H]1C[C@@]23C(=O)OC[C@@]24C[C@H](CC)C[C@]42COC(=O)[C@@]123. The van der Waals surface area contributed by atoms with Gasteiger partial charge in [-0.2, -0.15) is 0 Å². The van der Waals surface area contributed by atoms with E-state index in [1.807, 2.05) is 0 Å². The molecule has 2 saturated heterocycles. The quantitative estimate of drug-likeness (QED) is 0.752. The highest BCUT2D eigenvalue weighted by molar-refractivity contribution is 5.99. The number of carbonyl (C=O) groups excluding carboxylic acids is 2. The molecule has 2 heterocycles. The van der Waals surface area contributed by atoms with Gasteiger partial charge in [-0.25, -0.2) is 0 Å². The monoisotopic (exact) mass is 304 g/mol. The lowest BCUT2D eigenvalue weighted by Gasteiger charge is -2.79. The number of hydrogen-bond acceptors (Lipinski definition) is 4. The molecule has 0 aromatic rings. The first-order chi connectivity index (χ1) is 10.6. The molecule has 0 radical (unpaired) electrons. The van der Waals surface area contributed by atoms with Gasteiger partial charge in [-0.05, 0) is 37.5 Å². The topological polar surface area (TPSA) is 52.6 Å². The number of cyclic esters (lactones) is 2. The first kappa shape index (κ1) is 13.4. The van der Waals surface area contributed by atoms with Crippen molar-refractivity contribution >= 4 is 11.9 Å². The smallest absolute Gasteiger partial charge is 0.314 e. The minimum absolute atomic E-state index is 0.0802. The van der Waals surface area contributed by atoms with Gasteiger partial charge in [0.15, 0.2) is 0 Å². The molecular formula is C18H24O4. The second-order valence-electron chi connectivity index (χ2n) is 8.40. The Kier molecular flexibility index (Phi) is 2.15. The molecule has 2 aliphatic heterocycles. The molecule has 5 rings (SSSR count). The van der Waals surface area contributed by atoms with E-state index >= 15 is 0 Å². The highest BCUT2D eigenvalue weighted by Crippen LogP contribution is 2.97. The van der Waals surface area contributed by atoms with Gasteiger partial charge in [0, 0.05) is 10.8 Å². The van der Waals surface area contributed by atoms with E-state index in [0.717, 1.165) is 38.5 Å². The molecule has 120 valence electrons. The Morgan fingerprint density at radius 1 is 1.00 bits per heavy atom. The lowest BCUT2D eigenvalue weighted by molar-refractivity contribution is -0.348. The Hall–Kier alpha value is -1.06. The molecule has 6 atom stereocenters. The van der Waals surface area contributed by atoms with E-state index in [1.165, 1.54) is 0 Å². The molecule has 22 heavy (non-hydrogen) atoms. The van der Waals surface area contributed by atoms with Gasteiger partial charge in [-0.1, -0.05) is 26.7 Å². The molecule has 4 heteroatoms. The minimum Gasteiger partial charge on any atom is -0.465 e. The maximum absolute atomic E-state index is 12.9. The van der Waals surface area contributed by atoms with Gasteiger partial charge in [0.1, 0.15) is 0 Å². The summed E-state index contributed by atoms with van der Waals surface area (Å²) in [6.07, 6.45) is 6.16. The Bertz CT molecular complexity index is 600. The summed E-state index contributed by atoms with van der Waals surface area (Å²) in [6.45, 7) is 5.44. The largest absolute Gasteiger partial charge is 0.465 e. The van der Waals surface area contributed by atoms with Crippen LogP contribution in [0.3, 0.4) is 0 Å². The molecule has 4 spiro atoms. The Morgan fingerprint density at radius 2 is 1.68 bits per heavy atom. The Morgan fingerprint density at radius 3 is 2.41 bits per heavy atom. The number of hydrogen-bond donors (Lipinski definition) is 0. The average Bonchev–Trinajstić information content (AvgIpc) is 3.06. The van der Waals surface area contributed by atoms with Crippen LogP contribution in [0.25, 0.3) is 0 Å². The molecule has 0 bridgehead atoms. The number of esters is 2. The third kappa shape index (κ3) is 0.845. The second kappa shape index (κ2) is 3.54. The molecule has 0 unspecified atom stereocenters. The summed E-state index contributed by atoms with van der Waals surface area (Å²) in [6, 6.07) is 0. The Labute approximate surface area is 130 Å². The lowest BCUT2D eigenvalue weighted by atomic mass is 9.17. The van der Waals surface area contributed by atoms with Crippen LogP contribution in [0.15, 0.2) is 0 Å². The molecule has 3 aliphatic carbocycles. The van der Waals surface area contributed by atoms with Crippen LogP contribution in [0.5, 0.6) is 0 Å². The fraction of sp³-hybridized carbons (Fsp3) is 0.889. The molecular weight excluding hydrogens is 280 g/mol. The third-order valence-electron chi connectivity index (χ3n) is 8.38. The van der Waals surface area contributed by atoms with Crippen molar-refractivity contribution in [2.24, 2.45) is 33.5 Å². The first-order valence-corrected chi connectivity index (χ1v) is 8.91. The molecule has 5 aliphatic rings. The molecule has 0 aromatic carbocycles. The van der Waals surface area contributed by atoms with E-state index in [1.54, 1.807) is 0 Å². The normalized spacial score (nSPS) is 57.0. The Balaban J connectivity index is 1.72. The number of ether oxygens (including phenoxy) is 2. The molecule has 0 amide bonds. The standard InChI is InChI=1S/C18H24O4/c1-3-5-12-8-17-13(19)21-9-15(17)6-11(4-2)7-16(15)10-22-14(20)18(12,16)17/h11-12H,3-10H2,1-2H3/t11-,12+,15+,16-,17+,18-/m0/s1. The van der Waals surface area contributed by atoms with Gasteiger partial charge in [0.2, 0.25) is 0 Å². The highest BCUT2D eigenvalue weighted by atomic mass is 16.6. The van der Waals surface area contributed by atoms with E-state index in [9.17, 15) is 9.59 Å². The zero-order chi connectivity index (χ0) is 15.4. The van der Waals surface area contributed by atoms with E-state index < -0.39 is 10.8 Å². The average molecular weight is 304 g/mol. The van der Waals surface area contributed by atoms with Crippen LogP contribution in [0.2, 0.25) is 0 Å². The predicted octanol–water partition coefficient (Wildman–Crippen LogP) is 2.70. The third-order valence-corrected chi connectivity index (χ3v) is 8.38. The molecule has 5 fully saturated rings. The van der Waals surface area contributed by atoms with Crippen LogP contribution in [0, 0.1) is 33.5 Å². The summed E-state index contributed by atoms with van der Waals surface area (Å²) < 4.78 is 11.3. The van der Waals surface area contributed by atoms with Crippen molar-refractivity contribution in [1.82, 2.24) is 0 Å². The predicted molar refractivity (Wildman–Crippen MR) is 77.7 cm³/mol. The minimum atomic E-state index is -0.534. The number of rotatable bonds is 3. The first-order valence-electron chi connectivity index (χ1n) is 8.91. The van der Waals surface area contributed by atoms with Crippen molar-refractivity contribution in [1.29, 1.82) is 0 Å². The summed E-state index contributed by atoms with van der Waals surface area (Å²) in [7, 11) is 0. The second-order valence-corrected chi connectivity index (χ2v) is 8.40. The lowest BCUT2D eigenvalue weighted by Crippen LogP contribution is -2.86. The van der Waals surface area contributed by atoms with Crippen molar-refractivity contribution in [2.75, 3.05) is 13.2 Å². The van der Waals surface area contributed by atoms with Crippen molar-refractivity contribution in [3.63, 3.8) is 0 Å². The molecule has 0 aromatic heterocycles. The zero-order valence-electron chi connectivity index (χ0n) is 13.4. The summed E-state index contributed by atoms with van der Waals surface area (Å²) in [5.41, 5.74) is -1.28. The fourth-order valence-corrected chi connectivity index (χ4v) is 7.96. The van der Waals surface area contributed by atoms with Gasteiger partial charge in [-0.15, -0.1) is 0 Å².